The normalized spacial score (nSPS) is 19.3. The first-order chi connectivity index (χ1) is 13.5. The average Bonchev–Trinajstić information content (AvgIpc) is 3.23. The minimum absolute atomic E-state index is 0.0338. The van der Waals surface area contributed by atoms with Crippen molar-refractivity contribution in [2.45, 2.75) is 57.8 Å². The van der Waals surface area contributed by atoms with E-state index in [1.54, 1.807) is 11.3 Å². The van der Waals surface area contributed by atoms with Gasteiger partial charge in [-0.1, -0.05) is 13.0 Å². The number of nitrogens with zero attached hydrogens (tertiary/aromatic N) is 4. The van der Waals surface area contributed by atoms with Gasteiger partial charge in [-0.25, -0.2) is 17.8 Å². The van der Waals surface area contributed by atoms with Gasteiger partial charge in [0.15, 0.2) is 10.6 Å². The molecule has 154 valence electrons. The molecule has 2 aliphatic rings. The van der Waals surface area contributed by atoms with Gasteiger partial charge in [-0.2, -0.15) is 0 Å². The number of likely N-dealkylation sites (tertiary alicyclic amines) is 1. The Morgan fingerprint density at radius 2 is 2.04 bits per heavy atom. The first-order valence-corrected chi connectivity index (χ1v) is 12.9. The Balaban J connectivity index is 1.42. The zero-order chi connectivity index (χ0) is 19.7. The topological polar surface area (TPSA) is 72.2 Å². The largest absolute Gasteiger partial charge is 0.296 e. The van der Waals surface area contributed by atoms with E-state index in [1.165, 1.54) is 12.8 Å². The van der Waals surface area contributed by atoms with Gasteiger partial charge in [-0.05, 0) is 55.8 Å². The minimum Gasteiger partial charge on any atom is -0.296 e. The molecule has 1 saturated carbocycles. The lowest BCUT2D eigenvalue weighted by atomic mass is 10.1. The highest BCUT2D eigenvalue weighted by atomic mass is 32.2. The summed E-state index contributed by atoms with van der Waals surface area (Å²) in [5.74, 6) is 1.18. The quantitative estimate of drug-likeness (QED) is 0.637. The van der Waals surface area contributed by atoms with Crippen LogP contribution in [0.1, 0.15) is 45.1 Å². The van der Waals surface area contributed by atoms with Crippen molar-refractivity contribution in [3.63, 3.8) is 0 Å². The predicted molar refractivity (Wildman–Crippen MR) is 114 cm³/mol. The molecule has 2 aromatic heterocycles. The molecule has 1 saturated heterocycles. The van der Waals surface area contributed by atoms with Crippen molar-refractivity contribution in [3.8, 4) is 10.7 Å². The van der Waals surface area contributed by atoms with Crippen LogP contribution < -0.4 is 4.72 Å². The highest BCUT2D eigenvalue weighted by molar-refractivity contribution is 7.89. The van der Waals surface area contributed by atoms with E-state index in [2.05, 4.69) is 25.6 Å². The Labute approximate surface area is 175 Å². The summed E-state index contributed by atoms with van der Waals surface area (Å²) in [7, 11) is -3.15. The SMILES string of the molecule is CCCS(=O)(=O)NC1CCN(Cn2nc(-c3cccs3)n(C3CC3)c2=S)CC1. The van der Waals surface area contributed by atoms with Crippen molar-refractivity contribution in [2.24, 2.45) is 0 Å². The van der Waals surface area contributed by atoms with E-state index in [4.69, 9.17) is 17.3 Å². The van der Waals surface area contributed by atoms with E-state index in [9.17, 15) is 8.42 Å². The molecule has 1 aliphatic heterocycles. The summed E-state index contributed by atoms with van der Waals surface area (Å²) >= 11 is 7.44. The fourth-order valence-corrected chi connectivity index (χ4v) is 6.15. The number of sulfonamides is 1. The Kier molecular flexibility index (Phi) is 6.03. The van der Waals surface area contributed by atoms with E-state index in [-0.39, 0.29) is 11.8 Å². The lowest BCUT2D eigenvalue weighted by Gasteiger charge is -2.31. The Morgan fingerprint density at radius 1 is 1.29 bits per heavy atom. The van der Waals surface area contributed by atoms with Gasteiger partial charge in [-0.3, -0.25) is 9.47 Å². The second-order valence-corrected chi connectivity index (χ2v) is 10.8. The molecule has 0 atom stereocenters. The molecule has 4 rings (SSSR count). The number of hydrogen-bond donors (Lipinski definition) is 1. The highest BCUT2D eigenvalue weighted by Crippen LogP contribution is 2.39. The molecule has 0 unspecified atom stereocenters. The monoisotopic (exact) mass is 441 g/mol. The molecule has 3 heterocycles. The van der Waals surface area contributed by atoms with Gasteiger partial charge >= 0.3 is 0 Å². The molecule has 10 heteroatoms. The summed E-state index contributed by atoms with van der Waals surface area (Å²) in [5.41, 5.74) is 0. The maximum Gasteiger partial charge on any atom is 0.211 e. The van der Waals surface area contributed by atoms with Crippen LogP contribution in [0.4, 0.5) is 0 Å². The summed E-state index contributed by atoms with van der Waals surface area (Å²) in [6, 6.07) is 4.66. The summed E-state index contributed by atoms with van der Waals surface area (Å²) in [6.07, 6.45) is 4.61. The summed E-state index contributed by atoms with van der Waals surface area (Å²) < 4.78 is 31.8. The number of nitrogens with one attached hydrogen (secondary N) is 1. The molecule has 0 spiro atoms. The molecule has 0 radical (unpaired) electrons. The van der Waals surface area contributed by atoms with Gasteiger partial charge < -0.3 is 0 Å². The van der Waals surface area contributed by atoms with E-state index < -0.39 is 10.0 Å². The molecule has 0 bridgehead atoms. The third kappa shape index (κ3) is 4.56. The van der Waals surface area contributed by atoms with Crippen LogP contribution in [-0.2, 0) is 16.7 Å². The van der Waals surface area contributed by atoms with Crippen molar-refractivity contribution >= 4 is 33.6 Å². The van der Waals surface area contributed by atoms with Crippen molar-refractivity contribution in [3.05, 3.63) is 22.3 Å². The number of hydrogen-bond acceptors (Lipinski definition) is 6. The molecular formula is C18H27N5O2S3. The van der Waals surface area contributed by atoms with Crippen LogP contribution in [0.15, 0.2) is 17.5 Å². The number of rotatable bonds is 8. The van der Waals surface area contributed by atoms with Crippen LogP contribution in [0.2, 0.25) is 0 Å². The Morgan fingerprint density at radius 3 is 2.64 bits per heavy atom. The van der Waals surface area contributed by atoms with Gasteiger partial charge in [-0.15, -0.1) is 16.4 Å². The lowest BCUT2D eigenvalue weighted by Crippen LogP contribution is -2.45. The molecule has 0 aromatic carbocycles. The van der Waals surface area contributed by atoms with Crippen LogP contribution in [0.25, 0.3) is 10.7 Å². The Hall–Kier alpha value is -1.07. The Bertz CT molecular complexity index is 952. The first kappa shape index (κ1) is 20.2. The molecule has 2 fully saturated rings. The van der Waals surface area contributed by atoms with E-state index in [1.807, 2.05) is 17.7 Å². The van der Waals surface area contributed by atoms with Gasteiger partial charge in [0.05, 0.1) is 17.3 Å². The van der Waals surface area contributed by atoms with Gasteiger partial charge in [0.25, 0.3) is 0 Å². The maximum absolute atomic E-state index is 12.0. The second-order valence-electron chi connectivity index (χ2n) is 7.65. The van der Waals surface area contributed by atoms with Crippen molar-refractivity contribution < 1.29 is 8.42 Å². The van der Waals surface area contributed by atoms with Crippen LogP contribution in [0.5, 0.6) is 0 Å². The maximum atomic E-state index is 12.0. The van der Waals surface area contributed by atoms with Crippen LogP contribution >= 0.6 is 23.6 Å². The number of piperidine rings is 1. The van der Waals surface area contributed by atoms with Gasteiger partial charge in [0.1, 0.15) is 0 Å². The van der Waals surface area contributed by atoms with E-state index in [0.717, 1.165) is 41.4 Å². The molecule has 1 N–H and O–H groups in total. The highest BCUT2D eigenvalue weighted by Gasteiger charge is 2.30. The van der Waals surface area contributed by atoms with Gasteiger partial charge in [0.2, 0.25) is 10.0 Å². The van der Waals surface area contributed by atoms with Crippen LogP contribution in [-0.4, -0.2) is 52.5 Å². The first-order valence-electron chi connectivity index (χ1n) is 9.92. The zero-order valence-electron chi connectivity index (χ0n) is 16.1. The van der Waals surface area contributed by atoms with Crippen LogP contribution in [0, 0.1) is 4.77 Å². The molecule has 1 aliphatic carbocycles. The second kappa shape index (κ2) is 8.35. The average molecular weight is 442 g/mol. The minimum atomic E-state index is -3.15. The molecule has 28 heavy (non-hydrogen) atoms. The van der Waals surface area contributed by atoms with Crippen molar-refractivity contribution in [1.29, 1.82) is 0 Å². The molecule has 2 aromatic rings. The third-order valence-electron chi connectivity index (χ3n) is 5.26. The fraction of sp³-hybridized carbons (Fsp3) is 0.667. The van der Waals surface area contributed by atoms with Crippen molar-refractivity contribution in [2.75, 3.05) is 18.8 Å². The lowest BCUT2D eigenvalue weighted by molar-refractivity contribution is 0.157. The zero-order valence-corrected chi connectivity index (χ0v) is 18.5. The predicted octanol–water partition coefficient (Wildman–Crippen LogP) is 3.23. The molecular weight excluding hydrogens is 414 g/mol. The summed E-state index contributed by atoms with van der Waals surface area (Å²) in [4.78, 5) is 3.46. The summed E-state index contributed by atoms with van der Waals surface area (Å²) in [6.45, 7) is 4.22. The number of aromatic nitrogens is 3. The van der Waals surface area contributed by atoms with E-state index in [0.29, 0.717) is 19.1 Å². The van der Waals surface area contributed by atoms with E-state index >= 15 is 0 Å². The summed E-state index contributed by atoms with van der Waals surface area (Å²) in [5, 5.41) is 6.91. The van der Waals surface area contributed by atoms with Crippen LogP contribution in [0.3, 0.4) is 0 Å². The van der Waals surface area contributed by atoms with Crippen molar-refractivity contribution in [1.82, 2.24) is 24.0 Å². The van der Waals surface area contributed by atoms with Gasteiger partial charge in [0, 0.05) is 25.2 Å². The smallest absolute Gasteiger partial charge is 0.211 e. The third-order valence-corrected chi connectivity index (χ3v) is 8.18. The molecule has 7 nitrogen and oxygen atoms in total. The fourth-order valence-electron chi connectivity index (χ4n) is 3.71. The standard InChI is InChI=1S/C18H27N5O2S3/c1-2-12-28(24,25)20-14-7-9-21(10-8-14)13-22-18(26)23(15-5-6-15)17(19-22)16-4-3-11-27-16/h3-4,11,14-15,20H,2,5-10,12-13H2,1H3. The number of thiophene rings is 1. The molecule has 0 amide bonds.